The summed E-state index contributed by atoms with van der Waals surface area (Å²) in [6.45, 7) is 4.44. The minimum Gasteiger partial charge on any atom is -0.338 e. The molecule has 2 aliphatic carbocycles. The van der Waals surface area contributed by atoms with Gasteiger partial charge in [0.05, 0.1) is 0 Å². The van der Waals surface area contributed by atoms with Crippen LogP contribution in [0.25, 0.3) is 0 Å². The number of carbonyl (C=O) groups is 2. The first-order valence-corrected chi connectivity index (χ1v) is 12.3. The van der Waals surface area contributed by atoms with E-state index in [4.69, 9.17) is 0 Å². The second kappa shape index (κ2) is 9.99. The average Bonchev–Trinajstić information content (AvgIpc) is 2.81. The number of aryl methyl sites for hydroxylation is 1. The van der Waals surface area contributed by atoms with Crippen LogP contribution in [0.4, 0.5) is 4.79 Å². The molecule has 0 unspecified atom stereocenters. The molecule has 1 spiro atoms. The first-order chi connectivity index (χ1) is 16.3. The van der Waals surface area contributed by atoms with Crippen LogP contribution >= 0.6 is 0 Å². The lowest BCUT2D eigenvalue weighted by atomic mass is 9.57. The van der Waals surface area contributed by atoms with Crippen LogP contribution in [-0.2, 0) is 0 Å². The molecule has 2 aliphatic rings. The van der Waals surface area contributed by atoms with Gasteiger partial charge in [-0.2, -0.15) is 4.57 Å². The molecule has 2 N–H and O–H groups in total. The lowest BCUT2D eigenvalue weighted by Crippen LogP contribution is -2.51. The Labute approximate surface area is 199 Å². The second-order valence-corrected chi connectivity index (χ2v) is 9.90. The van der Waals surface area contributed by atoms with Crippen molar-refractivity contribution in [3.63, 3.8) is 0 Å². The van der Waals surface area contributed by atoms with Gasteiger partial charge in [0.2, 0.25) is 0 Å². The normalized spacial score (nSPS) is 23.8. The van der Waals surface area contributed by atoms with Crippen molar-refractivity contribution in [2.45, 2.75) is 77.3 Å². The number of nitrogens with zero attached hydrogens (tertiary/aromatic N) is 2. The number of carbonyl (C=O) groups excluding carboxylic acids is 2. The Bertz CT molecular complexity index is 1150. The highest BCUT2D eigenvalue weighted by atomic mass is 16.2. The van der Waals surface area contributed by atoms with Gasteiger partial charge in [-0.15, -0.1) is 0 Å². The number of hydrogen-bond donors (Lipinski definition) is 2. The quantitative estimate of drug-likeness (QED) is 0.637. The van der Waals surface area contributed by atoms with Crippen molar-refractivity contribution in [3.05, 3.63) is 68.5 Å². The van der Waals surface area contributed by atoms with Gasteiger partial charge in [-0.1, -0.05) is 31.5 Å². The van der Waals surface area contributed by atoms with Crippen LogP contribution in [0.3, 0.4) is 0 Å². The number of unbranched alkanes of at least 4 members (excludes halogenated alkanes) is 1. The summed E-state index contributed by atoms with van der Waals surface area (Å²) in [7, 11) is 0. The van der Waals surface area contributed by atoms with Crippen LogP contribution in [0.2, 0.25) is 0 Å². The fraction of sp³-hybridized carbons (Fsp3) is 0.538. The summed E-state index contributed by atoms with van der Waals surface area (Å²) in [6, 6.07) is 8.49. The standard InChI is InChI=1S/C26H34N4O4/c1-3-4-14-27-24(33)28-20-10-12-26(13-11-20)15-21(16-26)29-17-18(2)22(31)30(25(29)34)23(32)19-8-6-5-7-9-19/h5-9,17,20-21H,3-4,10-16H2,1-2H3,(H2,27,28,33). The Morgan fingerprint density at radius 1 is 1.09 bits per heavy atom. The SMILES string of the molecule is CCCCNC(=O)NC1CCC2(CC1)CC(n1cc(C)c(=O)n(C(=O)c3ccccc3)c1=O)C2. The predicted molar refractivity (Wildman–Crippen MR) is 130 cm³/mol. The highest BCUT2D eigenvalue weighted by molar-refractivity contribution is 5.95. The summed E-state index contributed by atoms with van der Waals surface area (Å²) in [5, 5.41) is 5.99. The maximum Gasteiger partial charge on any atom is 0.338 e. The molecule has 34 heavy (non-hydrogen) atoms. The third kappa shape index (κ3) is 4.86. The molecule has 1 aromatic carbocycles. The summed E-state index contributed by atoms with van der Waals surface area (Å²) in [4.78, 5) is 50.8. The third-order valence-corrected chi connectivity index (χ3v) is 7.44. The van der Waals surface area contributed by atoms with Crippen molar-refractivity contribution in [3.8, 4) is 0 Å². The summed E-state index contributed by atoms with van der Waals surface area (Å²) in [6.07, 6.45) is 9.17. The first kappa shape index (κ1) is 24.0. The van der Waals surface area contributed by atoms with E-state index in [0.717, 1.165) is 55.9 Å². The zero-order valence-electron chi connectivity index (χ0n) is 20.0. The highest BCUT2D eigenvalue weighted by Crippen LogP contribution is 2.56. The molecule has 2 saturated carbocycles. The number of benzene rings is 1. The molecule has 0 saturated heterocycles. The van der Waals surface area contributed by atoms with Gasteiger partial charge < -0.3 is 10.6 Å². The first-order valence-electron chi connectivity index (χ1n) is 12.3. The maximum atomic E-state index is 13.2. The van der Waals surface area contributed by atoms with Gasteiger partial charge in [0.15, 0.2) is 0 Å². The Balaban J connectivity index is 1.41. The Morgan fingerprint density at radius 3 is 2.41 bits per heavy atom. The van der Waals surface area contributed by atoms with Gasteiger partial charge in [-0.25, -0.2) is 9.59 Å². The molecule has 182 valence electrons. The van der Waals surface area contributed by atoms with Gasteiger partial charge in [-0.05, 0) is 69.4 Å². The Hall–Kier alpha value is -3.16. The molecule has 8 heteroatoms. The molecule has 1 heterocycles. The lowest BCUT2D eigenvalue weighted by molar-refractivity contribution is 0.0117. The largest absolute Gasteiger partial charge is 0.338 e. The van der Waals surface area contributed by atoms with E-state index in [2.05, 4.69) is 17.6 Å². The average molecular weight is 467 g/mol. The molecule has 0 bridgehead atoms. The second-order valence-electron chi connectivity index (χ2n) is 9.90. The Kier molecular flexibility index (Phi) is 7.05. The summed E-state index contributed by atoms with van der Waals surface area (Å²) in [5.41, 5.74) is -0.268. The number of amides is 2. The monoisotopic (exact) mass is 466 g/mol. The van der Waals surface area contributed by atoms with E-state index >= 15 is 0 Å². The summed E-state index contributed by atoms with van der Waals surface area (Å²) < 4.78 is 2.35. The minimum atomic E-state index is -0.592. The minimum absolute atomic E-state index is 0.0246. The topological polar surface area (TPSA) is 102 Å². The zero-order valence-corrected chi connectivity index (χ0v) is 20.0. The van der Waals surface area contributed by atoms with Crippen molar-refractivity contribution in [2.24, 2.45) is 5.41 Å². The van der Waals surface area contributed by atoms with Crippen LogP contribution in [0.1, 0.15) is 80.3 Å². The van der Waals surface area contributed by atoms with E-state index in [-0.39, 0.29) is 23.5 Å². The van der Waals surface area contributed by atoms with Gasteiger partial charge in [0.1, 0.15) is 0 Å². The van der Waals surface area contributed by atoms with Crippen molar-refractivity contribution in [1.29, 1.82) is 0 Å². The smallest absolute Gasteiger partial charge is 0.338 e. The summed E-state index contributed by atoms with van der Waals surface area (Å²) in [5.74, 6) is -0.592. The number of nitrogens with one attached hydrogen (secondary N) is 2. The van der Waals surface area contributed by atoms with Gasteiger partial charge >= 0.3 is 11.7 Å². The van der Waals surface area contributed by atoms with E-state index < -0.39 is 17.2 Å². The van der Waals surface area contributed by atoms with E-state index in [1.54, 1.807) is 48.0 Å². The fourth-order valence-corrected chi connectivity index (χ4v) is 5.38. The molecule has 2 fully saturated rings. The number of urea groups is 1. The van der Waals surface area contributed by atoms with Crippen molar-refractivity contribution < 1.29 is 9.59 Å². The van der Waals surface area contributed by atoms with Crippen molar-refractivity contribution in [1.82, 2.24) is 19.8 Å². The molecule has 0 radical (unpaired) electrons. The number of aromatic nitrogens is 2. The van der Waals surface area contributed by atoms with Crippen LogP contribution in [0, 0.1) is 12.3 Å². The van der Waals surface area contributed by atoms with Gasteiger partial charge in [0.25, 0.3) is 11.5 Å². The molecule has 0 aliphatic heterocycles. The van der Waals surface area contributed by atoms with Crippen molar-refractivity contribution >= 4 is 11.9 Å². The van der Waals surface area contributed by atoms with Crippen LogP contribution < -0.4 is 21.9 Å². The molecule has 8 nitrogen and oxygen atoms in total. The van der Waals surface area contributed by atoms with Crippen molar-refractivity contribution in [2.75, 3.05) is 6.54 Å². The molecular formula is C26H34N4O4. The maximum absolute atomic E-state index is 13.2. The third-order valence-electron chi connectivity index (χ3n) is 7.44. The molecule has 0 atom stereocenters. The molecular weight excluding hydrogens is 432 g/mol. The van der Waals surface area contributed by atoms with Crippen LogP contribution in [-0.4, -0.2) is 33.7 Å². The number of hydrogen-bond acceptors (Lipinski definition) is 4. The lowest BCUT2D eigenvalue weighted by Gasteiger charge is -2.52. The van der Waals surface area contributed by atoms with Gasteiger partial charge in [0, 0.05) is 36.0 Å². The van der Waals surface area contributed by atoms with Gasteiger partial charge in [-0.3, -0.25) is 14.2 Å². The van der Waals surface area contributed by atoms with Crippen LogP contribution in [0.5, 0.6) is 0 Å². The van der Waals surface area contributed by atoms with E-state index in [1.165, 1.54) is 0 Å². The fourth-order valence-electron chi connectivity index (χ4n) is 5.38. The molecule has 2 aromatic rings. The van der Waals surface area contributed by atoms with E-state index in [1.807, 2.05) is 0 Å². The number of rotatable bonds is 6. The molecule has 4 rings (SSSR count). The zero-order chi connectivity index (χ0) is 24.3. The van der Waals surface area contributed by atoms with Crippen LogP contribution in [0.15, 0.2) is 46.1 Å². The molecule has 2 amide bonds. The molecule has 1 aromatic heterocycles. The predicted octanol–water partition coefficient (Wildman–Crippen LogP) is 3.37. The van der Waals surface area contributed by atoms with E-state index in [9.17, 15) is 19.2 Å². The van der Waals surface area contributed by atoms with E-state index in [0.29, 0.717) is 17.7 Å². The summed E-state index contributed by atoms with van der Waals surface area (Å²) >= 11 is 0. The highest BCUT2D eigenvalue weighted by Gasteiger charge is 2.47. The Morgan fingerprint density at radius 2 is 1.76 bits per heavy atom.